The maximum absolute atomic E-state index is 5.82. The summed E-state index contributed by atoms with van der Waals surface area (Å²) in [6, 6.07) is 13.7. The van der Waals surface area contributed by atoms with Crippen molar-refractivity contribution < 1.29 is 9.47 Å². The summed E-state index contributed by atoms with van der Waals surface area (Å²) in [4.78, 5) is 0. The van der Waals surface area contributed by atoms with Gasteiger partial charge in [-0.15, -0.1) is 0 Å². The second kappa shape index (κ2) is 6.70. The van der Waals surface area contributed by atoms with Crippen molar-refractivity contribution in [3.8, 4) is 11.5 Å². The van der Waals surface area contributed by atoms with Gasteiger partial charge in [0.1, 0.15) is 11.5 Å². The molecule has 2 aromatic carbocycles. The van der Waals surface area contributed by atoms with Gasteiger partial charge in [0.2, 0.25) is 0 Å². The summed E-state index contributed by atoms with van der Waals surface area (Å²) in [5.74, 6) is 1.64. The van der Waals surface area contributed by atoms with Crippen LogP contribution < -0.4 is 20.5 Å². The summed E-state index contributed by atoms with van der Waals surface area (Å²) >= 11 is 0. The molecule has 0 aromatic heterocycles. The van der Waals surface area contributed by atoms with E-state index in [4.69, 9.17) is 15.2 Å². The molecule has 20 heavy (non-hydrogen) atoms. The highest BCUT2D eigenvalue weighted by Crippen LogP contribution is 2.22. The molecular weight excluding hydrogens is 252 g/mol. The van der Waals surface area contributed by atoms with Gasteiger partial charge in [-0.2, -0.15) is 0 Å². The molecule has 106 valence electrons. The third kappa shape index (κ3) is 3.82. The first-order chi connectivity index (χ1) is 9.71. The lowest BCUT2D eigenvalue weighted by atomic mass is 10.1. The Kier molecular flexibility index (Phi) is 4.71. The van der Waals surface area contributed by atoms with Crippen molar-refractivity contribution in [2.24, 2.45) is 0 Å². The quantitative estimate of drug-likeness (QED) is 0.794. The highest BCUT2D eigenvalue weighted by Gasteiger charge is 2.00. The third-order valence-electron chi connectivity index (χ3n) is 3.04. The zero-order valence-corrected chi connectivity index (χ0v) is 11.8. The van der Waals surface area contributed by atoms with Crippen molar-refractivity contribution >= 4 is 11.4 Å². The molecule has 4 nitrogen and oxygen atoms in total. The molecule has 0 aliphatic carbocycles. The van der Waals surface area contributed by atoms with Crippen LogP contribution in [0.4, 0.5) is 11.4 Å². The average Bonchev–Trinajstić information content (AvgIpc) is 2.47. The number of benzene rings is 2. The van der Waals surface area contributed by atoms with E-state index in [1.54, 1.807) is 20.3 Å². The summed E-state index contributed by atoms with van der Waals surface area (Å²) in [6.45, 7) is 0.819. The lowest BCUT2D eigenvalue weighted by Gasteiger charge is -2.10. The van der Waals surface area contributed by atoms with Gasteiger partial charge in [0.05, 0.1) is 14.2 Å². The lowest BCUT2D eigenvalue weighted by Crippen LogP contribution is -2.05. The molecule has 0 spiro atoms. The van der Waals surface area contributed by atoms with Crippen molar-refractivity contribution in [1.82, 2.24) is 0 Å². The van der Waals surface area contributed by atoms with E-state index in [2.05, 4.69) is 11.4 Å². The largest absolute Gasteiger partial charge is 0.497 e. The van der Waals surface area contributed by atoms with Crippen LogP contribution in [0, 0.1) is 0 Å². The van der Waals surface area contributed by atoms with Gasteiger partial charge in [-0.05, 0) is 30.2 Å². The first kappa shape index (κ1) is 14.1. The fourth-order valence-corrected chi connectivity index (χ4v) is 2.02. The Balaban J connectivity index is 1.93. The molecule has 0 fully saturated rings. The molecule has 0 aliphatic heterocycles. The Morgan fingerprint density at radius 3 is 2.55 bits per heavy atom. The van der Waals surface area contributed by atoms with Gasteiger partial charge in [0, 0.05) is 30.1 Å². The Bertz CT molecular complexity index is 570. The van der Waals surface area contributed by atoms with E-state index in [1.807, 2.05) is 30.3 Å². The van der Waals surface area contributed by atoms with Crippen LogP contribution in [0.15, 0.2) is 42.5 Å². The Hall–Kier alpha value is -2.36. The lowest BCUT2D eigenvalue weighted by molar-refractivity contribution is 0.414. The normalized spacial score (nSPS) is 10.1. The zero-order valence-electron chi connectivity index (χ0n) is 11.8. The van der Waals surface area contributed by atoms with Gasteiger partial charge >= 0.3 is 0 Å². The molecule has 0 radical (unpaired) electrons. The monoisotopic (exact) mass is 272 g/mol. The first-order valence-corrected chi connectivity index (χ1v) is 6.52. The minimum absolute atomic E-state index is 0.688. The van der Waals surface area contributed by atoms with Crippen molar-refractivity contribution in [3.05, 3.63) is 48.0 Å². The fourth-order valence-electron chi connectivity index (χ4n) is 2.02. The van der Waals surface area contributed by atoms with E-state index in [9.17, 15) is 0 Å². The Morgan fingerprint density at radius 1 is 1.00 bits per heavy atom. The summed E-state index contributed by atoms with van der Waals surface area (Å²) in [6.07, 6.45) is 0.911. The molecule has 0 saturated carbocycles. The summed E-state index contributed by atoms with van der Waals surface area (Å²) in [5.41, 5.74) is 8.70. The Labute approximate surface area is 119 Å². The SMILES string of the molecule is COc1cccc(CCNc2cc(N)cc(OC)c2)c1. The topological polar surface area (TPSA) is 56.5 Å². The minimum Gasteiger partial charge on any atom is -0.497 e. The summed E-state index contributed by atoms with van der Waals surface area (Å²) < 4.78 is 10.4. The standard InChI is InChI=1S/C16H20N2O2/c1-19-15-5-3-4-12(8-15)6-7-18-14-9-13(17)10-16(11-14)20-2/h3-5,8-11,18H,6-7,17H2,1-2H3. The molecule has 0 atom stereocenters. The predicted octanol–water partition coefficient (Wildman–Crippen LogP) is 2.94. The number of rotatable bonds is 6. The molecule has 2 aromatic rings. The highest BCUT2D eigenvalue weighted by molar-refractivity contribution is 5.59. The van der Waals surface area contributed by atoms with E-state index in [1.165, 1.54) is 5.56 Å². The second-order valence-corrected chi connectivity index (χ2v) is 4.52. The van der Waals surface area contributed by atoms with Gasteiger partial charge in [-0.1, -0.05) is 12.1 Å². The number of methoxy groups -OCH3 is 2. The van der Waals surface area contributed by atoms with Crippen molar-refractivity contribution in [2.75, 3.05) is 31.8 Å². The molecular formula is C16H20N2O2. The molecule has 3 N–H and O–H groups in total. The predicted molar refractivity (Wildman–Crippen MR) is 82.6 cm³/mol. The molecule has 0 heterocycles. The molecule has 0 aliphatic rings. The van der Waals surface area contributed by atoms with Crippen LogP contribution in [0.25, 0.3) is 0 Å². The van der Waals surface area contributed by atoms with Crippen molar-refractivity contribution in [2.45, 2.75) is 6.42 Å². The first-order valence-electron chi connectivity index (χ1n) is 6.52. The van der Waals surface area contributed by atoms with E-state index >= 15 is 0 Å². The van der Waals surface area contributed by atoms with Gasteiger partial charge < -0.3 is 20.5 Å². The van der Waals surface area contributed by atoms with Crippen LogP contribution in [0.1, 0.15) is 5.56 Å². The van der Waals surface area contributed by atoms with Crippen molar-refractivity contribution in [1.29, 1.82) is 0 Å². The zero-order chi connectivity index (χ0) is 14.4. The van der Waals surface area contributed by atoms with Crippen LogP contribution in [-0.2, 0) is 6.42 Å². The second-order valence-electron chi connectivity index (χ2n) is 4.52. The van der Waals surface area contributed by atoms with Crippen LogP contribution in [0.5, 0.6) is 11.5 Å². The van der Waals surface area contributed by atoms with Crippen molar-refractivity contribution in [3.63, 3.8) is 0 Å². The molecule has 0 amide bonds. The highest BCUT2D eigenvalue weighted by atomic mass is 16.5. The Morgan fingerprint density at radius 2 is 1.80 bits per heavy atom. The number of ether oxygens (including phenoxy) is 2. The summed E-state index contributed by atoms with van der Waals surface area (Å²) in [5, 5.41) is 3.35. The van der Waals surface area contributed by atoms with Crippen LogP contribution in [0.2, 0.25) is 0 Å². The third-order valence-corrected chi connectivity index (χ3v) is 3.04. The number of anilines is 2. The van der Waals surface area contributed by atoms with Crippen LogP contribution in [-0.4, -0.2) is 20.8 Å². The van der Waals surface area contributed by atoms with Gasteiger partial charge in [-0.25, -0.2) is 0 Å². The average molecular weight is 272 g/mol. The molecule has 4 heteroatoms. The van der Waals surface area contributed by atoms with E-state index in [0.717, 1.165) is 30.2 Å². The van der Waals surface area contributed by atoms with Crippen LogP contribution in [0.3, 0.4) is 0 Å². The molecule has 0 saturated heterocycles. The molecule has 0 unspecified atom stereocenters. The van der Waals surface area contributed by atoms with Gasteiger partial charge in [0.25, 0.3) is 0 Å². The minimum atomic E-state index is 0.688. The van der Waals surface area contributed by atoms with Gasteiger partial charge in [0.15, 0.2) is 0 Å². The van der Waals surface area contributed by atoms with E-state index in [0.29, 0.717) is 5.69 Å². The fraction of sp³-hybridized carbons (Fsp3) is 0.250. The summed E-state index contributed by atoms with van der Waals surface area (Å²) in [7, 11) is 3.31. The molecule has 2 rings (SSSR count). The number of nitrogen functional groups attached to an aromatic ring is 1. The molecule has 0 bridgehead atoms. The van der Waals surface area contributed by atoms with Gasteiger partial charge in [-0.3, -0.25) is 0 Å². The maximum Gasteiger partial charge on any atom is 0.122 e. The number of hydrogen-bond acceptors (Lipinski definition) is 4. The number of nitrogens with one attached hydrogen (secondary N) is 1. The van der Waals surface area contributed by atoms with E-state index in [-0.39, 0.29) is 0 Å². The number of nitrogens with two attached hydrogens (primary N) is 1. The smallest absolute Gasteiger partial charge is 0.122 e. The van der Waals surface area contributed by atoms with E-state index < -0.39 is 0 Å². The van der Waals surface area contributed by atoms with Crippen LogP contribution >= 0.6 is 0 Å². The maximum atomic E-state index is 5.82. The number of hydrogen-bond donors (Lipinski definition) is 2.